The van der Waals surface area contributed by atoms with E-state index in [9.17, 15) is 0 Å². The maximum absolute atomic E-state index is 5.47. The SMILES string of the molecule is CC1(c2cc(N)on2)CCCS1. The Kier molecular flexibility index (Phi) is 1.79. The van der Waals surface area contributed by atoms with Gasteiger partial charge in [0, 0.05) is 6.07 Å². The highest BCUT2D eigenvalue weighted by Crippen LogP contribution is 2.45. The Morgan fingerprint density at radius 3 is 3.08 bits per heavy atom. The zero-order valence-corrected chi connectivity index (χ0v) is 7.86. The molecule has 0 bridgehead atoms. The molecule has 4 heteroatoms. The fourth-order valence-electron chi connectivity index (χ4n) is 1.52. The van der Waals surface area contributed by atoms with Crippen molar-refractivity contribution in [1.29, 1.82) is 0 Å². The molecule has 1 saturated heterocycles. The average molecular weight is 184 g/mol. The summed E-state index contributed by atoms with van der Waals surface area (Å²) in [6, 6.07) is 1.83. The number of nitrogens with two attached hydrogens (primary N) is 1. The van der Waals surface area contributed by atoms with E-state index in [1.807, 2.05) is 17.8 Å². The molecule has 2 N–H and O–H groups in total. The van der Waals surface area contributed by atoms with Gasteiger partial charge < -0.3 is 10.3 Å². The summed E-state index contributed by atoms with van der Waals surface area (Å²) in [6.45, 7) is 2.20. The molecule has 12 heavy (non-hydrogen) atoms. The minimum Gasteiger partial charge on any atom is -0.368 e. The summed E-state index contributed by atoms with van der Waals surface area (Å²) in [5, 5.41) is 3.95. The number of nitrogens with zero attached hydrogens (tertiary/aromatic N) is 1. The lowest BCUT2D eigenvalue weighted by molar-refractivity contribution is 0.415. The predicted octanol–water partition coefficient (Wildman–Crippen LogP) is 2.00. The second-order valence-corrected chi connectivity index (χ2v) is 4.90. The Bertz CT molecular complexity index is 278. The molecule has 2 rings (SSSR count). The summed E-state index contributed by atoms with van der Waals surface area (Å²) in [4.78, 5) is 0. The smallest absolute Gasteiger partial charge is 0.222 e. The molecule has 1 atom stereocenters. The molecule has 0 amide bonds. The normalized spacial score (nSPS) is 29.4. The molecule has 1 aliphatic heterocycles. The lowest BCUT2D eigenvalue weighted by Gasteiger charge is -2.18. The second-order valence-electron chi connectivity index (χ2n) is 3.30. The first-order valence-corrected chi connectivity index (χ1v) is 5.06. The fourth-order valence-corrected chi connectivity index (χ4v) is 2.79. The lowest BCUT2D eigenvalue weighted by atomic mass is 10.0. The number of aromatic nitrogens is 1. The molecule has 1 unspecified atom stereocenters. The van der Waals surface area contributed by atoms with E-state index in [1.54, 1.807) is 0 Å². The first kappa shape index (κ1) is 7.98. The van der Waals surface area contributed by atoms with Crippen LogP contribution in [0.1, 0.15) is 25.5 Å². The molecule has 2 heterocycles. The minimum atomic E-state index is 0.140. The topological polar surface area (TPSA) is 52.0 Å². The van der Waals surface area contributed by atoms with Crippen LogP contribution in [0, 0.1) is 0 Å². The highest BCUT2D eigenvalue weighted by molar-refractivity contribution is 8.00. The molecule has 1 fully saturated rings. The van der Waals surface area contributed by atoms with Crippen LogP contribution in [0.15, 0.2) is 10.6 Å². The van der Waals surface area contributed by atoms with E-state index < -0.39 is 0 Å². The van der Waals surface area contributed by atoms with Gasteiger partial charge in [-0.2, -0.15) is 0 Å². The van der Waals surface area contributed by atoms with Crippen LogP contribution in [0.4, 0.5) is 5.88 Å². The van der Waals surface area contributed by atoms with Gasteiger partial charge in [-0.3, -0.25) is 0 Å². The zero-order chi connectivity index (χ0) is 8.60. The van der Waals surface area contributed by atoms with Crippen molar-refractivity contribution in [2.75, 3.05) is 11.5 Å². The van der Waals surface area contributed by atoms with Crippen LogP contribution in [0.25, 0.3) is 0 Å². The van der Waals surface area contributed by atoms with E-state index in [-0.39, 0.29) is 4.75 Å². The van der Waals surface area contributed by atoms with Crippen molar-refractivity contribution in [3.8, 4) is 0 Å². The molecule has 0 aromatic carbocycles. The summed E-state index contributed by atoms with van der Waals surface area (Å²) < 4.78 is 5.00. The van der Waals surface area contributed by atoms with Crippen molar-refractivity contribution >= 4 is 17.6 Å². The largest absolute Gasteiger partial charge is 0.368 e. The highest BCUT2D eigenvalue weighted by Gasteiger charge is 2.34. The molecule has 0 spiro atoms. The molecular formula is C8H12N2OS. The van der Waals surface area contributed by atoms with Crippen molar-refractivity contribution in [3.05, 3.63) is 11.8 Å². The van der Waals surface area contributed by atoms with Gasteiger partial charge in [-0.05, 0) is 25.5 Å². The van der Waals surface area contributed by atoms with Gasteiger partial charge in [0.1, 0.15) is 5.69 Å². The fraction of sp³-hybridized carbons (Fsp3) is 0.625. The first-order chi connectivity index (χ1) is 5.71. The molecular weight excluding hydrogens is 172 g/mol. The van der Waals surface area contributed by atoms with Gasteiger partial charge >= 0.3 is 0 Å². The number of rotatable bonds is 1. The Labute approximate surface area is 75.7 Å². The summed E-state index contributed by atoms with van der Waals surface area (Å²) in [6.07, 6.45) is 2.43. The number of hydrogen-bond acceptors (Lipinski definition) is 4. The van der Waals surface area contributed by atoms with Crippen LogP contribution < -0.4 is 5.73 Å². The van der Waals surface area contributed by atoms with Crippen LogP contribution in [0.3, 0.4) is 0 Å². The monoisotopic (exact) mass is 184 g/mol. The van der Waals surface area contributed by atoms with E-state index >= 15 is 0 Å². The third-order valence-electron chi connectivity index (χ3n) is 2.29. The molecule has 66 valence electrons. The maximum atomic E-state index is 5.47. The molecule has 0 saturated carbocycles. The summed E-state index contributed by atoms with van der Waals surface area (Å²) in [5.41, 5.74) is 6.46. The molecule has 0 radical (unpaired) electrons. The van der Waals surface area contributed by atoms with E-state index in [0.717, 1.165) is 5.69 Å². The highest BCUT2D eigenvalue weighted by atomic mass is 32.2. The van der Waals surface area contributed by atoms with Crippen LogP contribution >= 0.6 is 11.8 Å². The predicted molar refractivity (Wildman–Crippen MR) is 50.0 cm³/mol. The van der Waals surface area contributed by atoms with E-state index in [4.69, 9.17) is 10.3 Å². The second kappa shape index (κ2) is 2.69. The van der Waals surface area contributed by atoms with Crippen molar-refractivity contribution in [2.45, 2.75) is 24.5 Å². The lowest BCUT2D eigenvalue weighted by Crippen LogP contribution is -2.12. The van der Waals surface area contributed by atoms with Crippen LogP contribution in [0.2, 0.25) is 0 Å². The van der Waals surface area contributed by atoms with E-state index in [1.165, 1.54) is 18.6 Å². The van der Waals surface area contributed by atoms with Gasteiger partial charge in [-0.15, -0.1) is 11.8 Å². The molecule has 0 aliphatic carbocycles. The maximum Gasteiger partial charge on any atom is 0.222 e. The Hall–Kier alpha value is -0.640. The Morgan fingerprint density at radius 2 is 2.58 bits per heavy atom. The Morgan fingerprint density at radius 1 is 1.75 bits per heavy atom. The van der Waals surface area contributed by atoms with Crippen molar-refractivity contribution in [3.63, 3.8) is 0 Å². The quantitative estimate of drug-likeness (QED) is 0.725. The number of nitrogen functional groups attached to an aromatic ring is 1. The van der Waals surface area contributed by atoms with Crippen molar-refractivity contribution < 1.29 is 4.52 Å². The van der Waals surface area contributed by atoms with E-state index in [0.29, 0.717) is 5.88 Å². The van der Waals surface area contributed by atoms with Gasteiger partial charge in [0.05, 0.1) is 4.75 Å². The Balaban J connectivity index is 2.28. The van der Waals surface area contributed by atoms with Gasteiger partial charge in [-0.1, -0.05) is 5.16 Å². The van der Waals surface area contributed by atoms with Crippen LogP contribution in [-0.4, -0.2) is 10.9 Å². The van der Waals surface area contributed by atoms with Crippen LogP contribution in [0.5, 0.6) is 0 Å². The van der Waals surface area contributed by atoms with E-state index in [2.05, 4.69) is 12.1 Å². The zero-order valence-electron chi connectivity index (χ0n) is 7.04. The molecule has 3 nitrogen and oxygen atoms in total. The van der Waals surface area contributed by atoms with Crippen molar-refractivity contribution in [2.24, 2.45) is 0 Å². The summed E-state index contributed by atoms with van der Waals surface area (Å²) in [7, 11) is 0. The minimum absolute atomic E-state index is 0.140. The van der Waals surface area contributed by atoms with Gasteiger partial charge in [-0.25, -0.2) is 0 Å². The van der Waals surface area contributed by atoms with Gasteiger partial charge in [0.15, 0.2) is 0 Å². The number of hydrogen-bond donors (Lipinski definition) is 1. The average Bonchev–Trinajstić information content (AvgIpc) is 2.59. The summed E-state index contributed by atoms with van der Waals surface area (Å²) >= 11 is 1.93. The summed E-state index contributed by atoms with van der Waals surface area (Å²) in [5.74, 6) is 1.63. The third kappa shape index (κ3) is 1.20. The third-order valence-corrected chi connectivity index (χ3v) is 3.83. The molecule has 1 aromatic heterocycles. The number of anilines is 1. The van der Waals surface area contributed by atoms with Gasteiger partial charge in [0.2, 0.25) is 5.88 Å². The van der Waals surface area contributed by atoms with Crippen LogP contribution in [-0.2, 0) is 4.75 Å². The first-order valence-electron chi connectivity index (χ1n) is 4.07. The van der Waals surface area contributed by atoms with Gasteiger partial charge in [0.25, 0.3) is 0 Å². The number of thioether (sulfide) groups is 1. The van der Waals surface area contributed by atoms with Crippen molar-refractivity contribution in [1.82, 2.24) is 5.16 Å². The standard InChI is InChI=1S/C8H12N2OS/c1-8(3-2-4-12-8)6-5-7(9)11-10-6/h5H,2-4,9H2,1H3. The molecule has 1 aromatic rings. The molecule has 1 aliphatic rings.